The van der Waals surface area contributed by atoms with E-state index in [-0.39, 0.29) is 0 Å². The third-order valence-electron chi connectivity index (χ3n) is 4.37. The van der Waals surface area contributed by atoms with Crippen LogP contribution in [0.3, 0.4) is 0 Å². The van der Waals surface area contributed by atoms with Crippen LogP contribution < -0.4 is 9.47 Å². The molecule has 126 valence electrons. The minimum atomic E-state index is 0.340. The van der Waals surface area contributed by atoms with Crippen molar-refractivity contribution in [2.75, 3.05) is 14.2 Å². The number of fused-ring (bicyclic) bond motifs is 2. The molecule has 0 aliphatic rings. The fraction of sp³-hybridized carbons (Fsp3) is 0.0909. The maximum Gasteiger partial charge on any atom is 0.205 e. The zero-order valence-corrected chi connectivity index (χ0v) is 14.5. The molecule has 1 aromatic heterocycles. The molecule has 0 saturated heterocycles. The summed E-state index contributed by atoms with van der Waals surface area (Å²) >= 11 is 0. The Hall–Kier alpha value is -3.58. The Kier molecular flexibility index (Phi) is 3.91. The first-order valence-electron chi connectivity index (χ1n) is 8.13. The number of hydrogen-bond acceptors (Lipinski definition) is 4. The number of ether oxygens (including phenoxy) is 2. The molecule has 1 heterocycles. The average molecular weight is 340 g/mol. The van der Waals surface area contributed by atoms with Gasteiger partial charge >= 0.3 is 0 Å². The van der Waals surface area contributed by atoms with Crippen LogP contribution in [0.1, 0.15) is 5.82 Å². The molecule has 0 bridgehead atoms. The topological polar surface area (TPSA) is 44.2 Å². The highest BCUT2D eigenvalue weighted by atomic mass is 16.5. The van der Waals surface area contributed by atoms with Crippen molar-refractivity contribution in [2.45, 2.75) is 0 Å². The van der Waals surface area contributed by atoms with Gasteiger partial charge in [0.05, 0.1) is 25.4 Å². The first-order chi connectivity index (χ1) is 12.7. The molecule has 0 amide bonds. The van der Waals surface area contributed by atoms with Gasteiger partial charge in [0.25, 0.3) is 0 Å². The Morgan fingerprint density at radius 2 is 1.58 bits per heavy atom. The summed E-state index contributed by atoms with van der Waals surface area (Å²) in [5.41, 5.74) is 2.49. The number of benzene rings is 3. The molecule has 0 N–H and O–H groups in total. The quantitative estimate of drug-likeness (QED) is 0.517. The van der Waals surface area contributed by atoms with Gasteiger partial charge in [-0.3, -0.25) is 0 Å². The average Bonchev–Trinajstić information content (AvgIpc) is 2.71. The minimum Gasteiger partial charge on any atom is -0.493 e. The summed E-state index contributed by atoms with van der Waals surface area (Å²) in [6, 6.07) is 18.0. The smallest absolute Gasteiger partial charge is 0.205 e. The van der Waals surface area contributed by atoms with E-state index in [9.17, 15) is 0 Å². The minimum absolute atomic E-state index is 0.340. The van der Waals surface area contributed by atoms with Gasteiger partial charge in [-0.15, -0.1) is 6.42 Å². The number of aromatic nitrogens is 2. The van der Waals surface area contributed by atoms with E-state index in [0.29, 0.717) is 22.8 Å². The van der Waals surface area contributed by atoms with Crippen LogP contribution in [0.2, 0.25) is 0 Å². The van der Waals surface area contributed by atoms with E-state index in [4.69, 9.17) is 15.9 Å². The zero-order valence-electron chi connectivity index (χ0n) is 14.5. The van der Waals surface area contributed by atoms with E-state index < -0.39 is 0 Å². The maximum absolute atomic E-state index is 5.60. The summed E-state index contributed by atoms with van der Waals surface area (Å²) in [7, 11) is 3.20. The second kappa shape index (κ2) is 6.38. The molecule has 4 heteroatoms. The van der Waals surface area contributed by atoms with E-state index in [2.05, 4.69) is 34.1 Å². The lowest BCUT2D eigenvalue weighted by Crippen LogP contribution is -1.98. The van der Waals surface area contributed by atoms with Gasteiger partial charge in [-0.1, -0.05) is 42.5 Å². The molecule has 0 aliphatic carbocycles. The molecule has 0 fully saturated rings. The van der Waals surface area contributed by atoms with Crippen molar-refractivity contribution in [3.05, 3.63) is 60.4 Å². The standard InChI is InChI=1S/C22H16N2O2/c1-4-21-23-18-13-20(26-3)19(25-2)12-17(18)22(24-21)16-11-7-9-14-8-5-6-10-15(14)16/h1,5-13H,2-3H3. The van der Waals surface area contributed by atoms with E-state index >= 15 is 0 Å². The monoisotopic (exact) mass is 340 g/mol. The molecule has 0 aliphatic heterocycles. The fourth-order valence-electron chi connectivity index (χ4n) is 3.16. The highest BCUT2D eigenvalue weighted by Crippen LogP contribution is 2.37. The van der Waals surface area contributed by atoms with Crippen LogP contribution in [0.15, 0.2) is 54.6 Å². The highest BCUT2D eigenvalue weighted by Gasteiger charge is 2.15. The van der Waals surface area contributed by atoms with Crippen LogP contribution in [-0.2, 0) is 0 Å². The van der Waals surface area contributed by atoms with Crippen molar-refractivity contribution < 1.29 is 9.47 Å². The predicted molar refractivity (Wildman–Crippen MR) is 104 cm³/mol. The maximum atomic E-state index is 5.60. The van der Waals surface area contributed by atoms with Gasteiger partial charge in [0.1, 0.15) is 0 Å². The van der Waals surface area contributed by atoms with Crippen LogP contribution in [0.25, 0.3) is 32.9 Å². The highest BCUT2D eigenvalue weighted by molar-refractivity contribution is 6.03. The molecular formula is C22H16N2O2. The first kappa shape index (κ1) is 15.9. The van der Waals surface area contributed by atoms with Crippen LogP contribution in [0, 0.1) is 12.3 Å². The number of rotatable bonds is 3. The summed E-state index contributed by atoms with van der Waals surface area (Å²) in [5, 5.41) is 3.10. The van der Waals surface area contributed by atoms with Gasteiger partial charge in [-0.2, -0.15) is 0 Å². The number of terminal acetylenes is 1. The Balaban J connectivity index is 2.12. The summed E-state index contributed by atoms with van der Waals surface area (Å²) in [6.07, 6.45) is 5.60. The van der Waals surface area contributed by atoms with Crippen molar-refractivity contribution in [3.8, 4) is 35.1 Å². The summed E-state index contributed by atoms with van der Waals surface area (Å²) in [5.74, 6) is 4.12. The zero-order chi connectivity index (χ0) is 18.1. The van der Waals surface area contributed by atoms with Crippen molar-refractivity contribution in [1.29, 1.82) is 0 Å². The molecule has 4 nitrogen and oxygen atoms in total. The molecule has 0 atom stereocenters. The SMILES string of the molecule is C#Cc1nc(-c2cccc3ccccc23)c2cc(OC)c(OC)cc2n1. The van der Waals surface area contributed by atoms with E-state index in [1.807, 2.05) is 36.4 Å². The van der Waals surface area contributed by atoms with Crippen LogP contribution in [-0.4, -0.2) is 24.2 Å². The Bertz CT molecular complexity index is 1170. The van der Waals surface area contributed by atoms with E-state index in [0.717, 1.165) is 27.4 Å². The van der Waals surface area contributed by atoms with E-state index in [1.54, 1.807) is 14.2 Å². The molecule has 0 saturated carbocycles. The normalized spacial score (nSPS) is 10.7. The van der Waals surface area contributed by atoms with Crippen molar-refractivity contribution in [3.63, 3.8) is 0 Å². The first-order valence-corrected chi connectivity index (χ1v) is 8.13. The van der Waals surface area contributed by atoms with Crippen LogP contribution in [0.4, 0.5) is 0 Å². The Morgan fingerprint density at radius 1 is 0.846 bits per heavy atom. The lowest BCUT2D eigenvalue weighted by Gasteiger charge is -2.13. The van der Waals surface area contributed by atoms with Gasteiger partial charge in [0.2, 0.25) is 5.82 Å². The number of nitrogens with zero attached hydrogens (tertiary/aromatic N) is 2. The van der Waals surface area contributed by atoms with Gasteiger partial charge in [0, 0.05) is 17.0 Å². The molecule has 0 radical (unpaired) electrons. The van der Waals surface area contributed by atoms with Gasteiger partial charge < -0.3 is 9.47 Å². The van der Waals surface area contributed by atoms with Crippen LogP contribution >= 0.6 is 0 Å². The summed E-state index contributed by atoms with van der Waals surface area (Å²) in [4.78, 5) is 9.09. The molecule has 4 rings (SSSR count). The number of methoxy groups -OCH3 is 2. The molecule has 26 heavy (non-hydrogen) atoms. The predicted octanol–water partition coefficient (Wildman–Crippen LogP) is 4.45. The molecular weight excluding hydrogens is 324 g/mol. The Labute approximate surface area is 151 Å². The third kappa shape index (κ3) is 2.51. The summed E-state index contributed by atoms with van der Waals surface area (Å²) < 4.78 is 10.9. The van der Waals surface area contributed by atoms with Crippen molar-refractivity contribution in [2.24, 2.45) is 0 Å². The van der Waals surface area contributed by atoms with E-state index in [1.165, 1.54) is 0 Å². The number of hydrogen-bond donors (Lipinski definition) is 0. The lowest BCUT2D eigenvalue weighted by molar-refractivity contribution is 0.356. The summed E-state index contributed by atoms with van der Waals surface area (Å²) in [6.45, 7) is 0. The van der Waals surface area contributed by atoms with Crippen molar-refractivity contribution >= 4 is 21.7 Å². The third-order valence-corrected chi connectivity index (χ3v) is 4.37. The fourth-order valence-corrected chi connectivity index (χ4v) is 3.16. The molecule has 0 spiro atoms. The Morgan fingerprint density at radius 3 is 2.35 bits per heavy atom. The second-order valence-electron chi connectivity index (χ2n) is 5.79. The largest absolute Gasteiger partial charge is 0.493 e. The van der Waals surface area contributed by atoms with Gasteiger partial charge in [-0.25, -0.2) is 9.97 Å². The van der Waals surface area contributed by atoms with Crippen LogP contribution in [0.5, 0.6) is 11.5 Å². The van der Waals surface area contributed by atoms with Gasteiger partial charge in [-0.05, 0) is 22.8 Å². The second-order valence-corrected chi connectivity index (χ2v) is 5.79. The molecule has 3 aromatic carbocycles. The van der Waals surface area contributed by atoms with Crippen molar-refractivity contribution in [1.82, 2.24) is 9.97 Å². The molecule has 4 aromatic rings. The van der Waals surface area contributed by atoms with Gasteiger partial charge in [0.15, 0.2) is 11.5 Å². The molecule has 0 unspecified atom stereocenters. The lowest BCUT2D eigenvalue weighted by atomic mass is 9.99.